The van der Waals surface area contributed by atoms with Gasteiger partial charge in [-0.3, -0.25) is 14.7 Å². The molecule has 0 radical (unpaired) electrons. The second-order valence-corrected chi connectivity index (χ2v) is 7.62. The van der Waals surface area contributed by atoms with E-state index >= 15 is 0 Å². The largest absolute Gasteiger partial charge is 0.383 e. The number of pyridine rings is 1. The van der Waals surface area contributed by atoms with Gasteiger partial charge >= 0.3 is 0 Å². The van der Waals surface area contributed by atoms with Crippen LogP contribution in [0.3, 0.4) is 0 Å². The monoisotopic (exact) mass is 389 g/mol. The summed E-state index contributed by atoms with van der Waals surface area (Å²) < 4.78 is 10.8. The van der Waals surface area contributed by atoms with Crippen LogP contribution < -0.4 is 0 Å². The fraction of sp³-hybridized carbons (Fsp3) is 0.500. The number of aryl methyl sites for hydroxylation is 1. The standard InChI is InChI=1S/C20H27N3O3S/c1-16-5-13-27-18(16)15-23(7-10-25-2)20(24)19(17-4-3-6-21-14-17)22-8-11-26-12-9-22/h3-6,13-14,19H,7-12,15H2,1-2H3/t19-/m0/s1. The Balaban J connectivity index is 1.87. The van der Waals surface area contributed by atoms with Gasteiger partial charge in [-0.2, -0.15) is 0 Å². The number of morpholine rings is 1. The van der Waals surface area contributed by atoms with E-state index in [-0.39, 0.29) is 11.9 Å². The van der Waals surface area contributed by atoms with Gasteiger partial charge in [0.1, 0.15) is 6.04 Å². The maximum atomic E-state index is 13.7. The molecule has 1 aliphatic heterocycles. The van der Waals surface area contributed by atoms with Crippen molar-refractivity contribution in [3.8, 4) is 0 Å². The molecule has 7 heteroatoms. The summed E-state index contributed by atoms with van der Waals surface area (Å²) in [5.41, 5.74) is 2.15. The minimum atomic E-state index is -0.347. The minimum Gasteiger partial charge on any atom is -0.383 e. The van der Waals surface area contributed by atoms with Crippen LogP contribution in [-0.4, -0.2) is 67.3 Å². The number of amides is 1. The van der Waals surface area contributed by atoms with Crippen LogP contribution in [0, 0.1) is 6.92 Å². The van der Waals surface area contributed by atoms with Crippen LogP contribution in [-0.2, 0) is 20.8 Å². The Bertz CT molecular complexity index is 716. The zero-order chi connectivity index (χ0) is 19.1. The van der Waals surface area contributed by atoms with E-state index in [9.17, 15) is 4.79 Å². The Morgan fingerprint density at radius 3 is 2.85 bits per heavy atom. The van der Waals surface area contributed by atoms with Crippen molar-refractivity contribution in [3.05, 3.63) is 52.0 Å². The van der Waals surface area contributed by atoms with Crippen LogP contribution in [0.5, 0.6) is 0 Å². The van der Waals surface area contributed by atoms with Crippen molar-refractivity contribution >= 4 is 17.2 Å². The lowest BCUT2D eigenvalue weighted by molar-refractivity contribution is -0.140. The van der Waals surface area contributed by atoms with Gasteiger partial charge in [0, 0.05) is 44.0 Å². The number of carbonyl (C=O) groups excluding carboxylic acids is 1. The molecule has 0 N–H and O–H groups in total. The molecule has 0 unspecified atom stereocenters. The molecule has 3 heterocycles. The molecule has 27 heavy (non-hydrogen) atoms. The Morgan fingerprint density at radius 2 is 2.22 bits per heavy atom. The van der Waals surface area contributed by atoms with Crippen molar-refractivity contribution in [1.29, 1.82) is 0 Å². The van der Waals surface area contributed by atoms with Gasteiger partial charge in [0.15, 0.2) is 0 Å². The van der Waals surface area contributed by atoms with E-state index in [1.807, 2.05) is 17.0 Å². The summed E-state index contributed by atoms with van der Waals surface area (Å²) in [6, 6.07) is 5.62. The van der Waals surface area contributed by atoms with Crippen LogP contribution >= 0.6 is 11.3 Å². The van der Waals surface area contributed by atoms with Crippen molar-refractivity contribution < 1.29 is 14.3 Å². The number of ether oxygens (including phenoxy) is 2. The molecular weight excluding hydrogens is 362 g/mol. The molecule has 1 fully saturated rings. The Kier molecular flexibility index (Phi) is 7.34. The predicted octanol–water partition coefficient (Wildman–Crippen LogP) is 2.50. The fourth-order valence-electron chi connectivity index (χ4n) is 3.26. The highest BCUT2D eigenvalue weighted by molar-refractivity contribution is 7.10. The molecule has 0 spiro atoms. The summed E-state index contributed by atoms with van der Waals surface area (Å²) in [6.45, 7) is 6.53. The highest BCUT2D eigenvalue weighted by Crippen LogP contribution is 2.26. The summed E-state index contributed by atoms with van der Waals surface area (Å²) in [4.78, 5) is 23.2. The Hall–Kier alpha value is -1.80. The number of rotatable bonds is 8. The lowest BCUT2D eigenvalue weighted by Gasteiger charge is -2.36. The van der Waals surface area contributed by atoms with Gasteiger partial charge in [0.2, 0.25) is 5.91 Å². The third-order valence-corrected chi connectivity index (χ3v) is 5.83. The molecule has 1 amide bonds. The van der Waals surface area contributed by atoms with Crippen LogP contribution in [0.25, 0.3) is 0 Å². The minimum absolute atomic E-state index is 0.0924. The second-order valence-electron chi connectivity index (χ2n) is 6.62. The maximum Gasteiger partial charge on any atom is 0.245 e. The molecule has 2 aromatic heterocycles. The number of hydrogen-bond donors (Lipinski definition) is 0. The van der Waals surface area contributed by atoms with Gasteiger partial charge in [0.05, 0.1) is 26.4 Å². The van der Waals surface area contributed by atoms with E-state index < -0.39 is 0 Å². The molecule has 0 aromatic carbocycles. The molecule has 0 aliphatic carbocycles. The first-order valence-electron chi connectivity index (χ1n) is 9.23. The Morgan fingerprint density at radius 1 is 1.41 bits per heavy atom. The normalized spacial score (nSPS) is 16.2. The van der Waals surface area contributed by atoms with E-state index in [1.54, 1.807) is 30.8 Å². The van der Waals surface area contributed by atoms with Gasteiger partial charge in [-0.15, -0.1) is 11.3 Å². The van der Waals surface area contributed by atoms with Gasteiger partial charge < -0.3 is 14.4 Å². The van der Waals surface area contributed by atoms with Gasteiger partial charge in [-0.1, -0.05) is 6.07 Å². The van der Waals surface area contributed by atoms with Crippen molar-refractivity contribution in [2.45, 2.75) is 19.5 Å². The molecule has 1 saturated heterocycles. The molecule has 146 valence electrons. The lowest BCUT2D eigenvalue weighted by Crippen LogP contribution is -2.47. The smallest absolute Gasteiger partial charge is 0.245 e. The summed E-state index contributed by atoms with van der Waals surface area (Å²) >= 11 is 1.69. The topological polar surface area (TPSA) is 54.9 Å². The second kappa shape index (κ2) is 9.94. The molecule has 3 rings (SSSR count). The van der Waals surface area contributed by atoms with Crippen LogP contribution in [0.2, 0.25) is 0 Å². The first-order valence-corrected chi connectivity index (χ1v) is 10.1. The average molecular weight is 390 g/mol. The number of methoxy groups -OCH3 is 1. The van der Waals surface area contributed by atoms with Crippen LogP contribution in [0.15, 0.2) is 36.0 Å². The van der Waals surface area contributed by atoms with E-state index in [2.05, 4.69) is 28.3 Å². The van der Waals surface area contributed by atoms with Crippen LogP contribution in [0.1, 0.15) is 22.0 Å². The highest BCUT2D eigenvalue weighted by Gasteiger charge is 2.32. The summed E-state index contributed by atoms with van der Waals surface area (Å²) in [7, 11) is 1.67. The number of aromatic nitrogens is 1. The van der Waals surface area contributed by atoms with Gasteiger partial charge in [-0.05, 0) is 35.6 Å². The third kappa shape index (κ3) is 5.13. The molecule has 0 saturated carbocycles. The highest BCUT2D eigenvalue weighted by atomic mass is 32.1. The average Bonchev–Trinajstić information content (AvgIpc) is 3.11. The number of carbonyl (C=O) groups is 1. The van der Waals surface area contributed by atoms with Crippen molar-refractivity contribution in [2.24, 2.45) is 0 Å². The lowest BCUT2D eigenvalue weighted by atomic mass is 10.0. The van der Waals surface area contributed by atoms with Gasteiger partial charge in [-0.25, -0.2) is 0 Å². The first-order chi connectivity index (χ1) is 13.2. The quantitative estimate of drug-likeness (QED) is 0.694. The predicted molar refractivity (Wildman–Crippen MR) is 106 cm³/mol. The Labute approximate surface area is 164 Å². The molecule has 6 nitrogen and oxygen atoms in total. The zero-order valence-corrected chi connectivity index (χ0v) is 16.8. The first kappa shape index (κ1) is 19.9. The summed E-state index contributed by atoms with van der Waals surface area (Å²) in [5.74, 6) is 0.0924. The maximum absolute atomic E-state index is 13.7. The SMILES string of the molecule is COCCN(Cc1sccc1C)C(=O)[C@H](c1cccnc1)N1CCOCC1. The van der Waals surface area contributed by atoms with E-state index in [1.165, 1.54) is 10.4 Å². The van der Waals surface area contributed by atoms with Crippen molar-refractivity contribution in [3.63, 3.8) is 0 Å². The number of nitrogens with zero attached hydrogens (tertiary/aromatic N) is 3. The number of thiophene rings is 1. The number of hydrogen-bond acceptors (Lipinski definition) is 6. The molecule has 2 aromatic rings. The van der Waals surface area contributed by atoms with Crippen molar-refractivity contribution in [1.82, 2.24) is 14.8 Å². The van der Waals surface area contributed by atoms with E-state index in [0.717, 1.165) is 18.7 Å². The molecule has 1 aliphatic rings. The van der Waals surface area contributed by atoms with Gasteiger partial charge in [0.25, 0.3) is 0 Å². The third-order valence-electron chi connectivity index (χ3n) is 4.82. The molecular formula is C20H27N3O3S. The van der Waals surface area contributed by atoms with E-state index in [4.69, 9.17) is 9.47 Å². The van der Waals surface area contributed by atoms with E-state index in [0.29, 0.717) is 32.9 Å². The van der Waals surface area contributed by atoms with Crippen LogP contribution in [0.4, 0.5) is 0 Å². The zero-order valence-electron chi connectivity index (χ0n) is 16.0. The van der Waals surface area contributed by atoms with Crippen molar-refractivity contribution in [2.75, 3.05) is 46.6 Å². The fourth-order valence-corrected chi connectivity index (χ4v) is 4.18. The molecule has 1 atom stereocenters. The molecule has 0 bridgehead atoms. The summed E-state index contributed by atoms with van der Waals surface area (Å²) in [5, 5.41) is 2.07. The summed E-state index contributed by atoms with van der Waals surface area (Å²) in [6.07, 6.45) is 3.53.